The first-order chi connectivity index (χ1) is 15.0. The summed E-state index contributed by atoms with van der Waals surface area (Å²) in [5, 5.41) is 2.65. The van der Waals surface area contributed by atoms with Crippen molar-refractivity contribution >= 4 is 45.7 Å². The number of carbonyl (C=O) groups is 2. The van der Waals surface area contributed by atoms with Gasteiger partial charge in [0.05, 0.1) is 5.69 Å². The smallest absolute Gasteiger partial charge is 0.316 e. The van der Waals surface area contributed by atoms with Crippen molar-refractivity contribution in [1.29, 1.82) is 0 Å². The van der Waals surface area contributed by atoms with E-state index in [2.05, 4.69) is 10.4 Å². The Morgan fingerprint density at radius 1 is 0.903 bits per heavy atom. The average molecular weight is 450 g/mol. The summed E-state index contributed by atoms with van der Waals surface area (Å²) in [6.45, 7) is 0. The lowest BCUT2D eigenvalue weighted by Gasteiger charge is -2.29. The minimum atomic E-state index is -0.789. The van der Waals surface area contributed by atoms with E-state index in [4.69, 9.17) is 17.3 Å². The SMILES string of the molecule is NC(=O)[N+](NC(=O)c1ccc(Cl)cc1)(c1ccccc1)c1nc(-c2ccccc2)cs1. The zero-order chi connectivity index (χ0) is 21.8. The molecule has 1 unspecified atom stereocenters. The summed E-state index contributed by atoms with van der Waals surface area (Å²) in [5.41, 5.74) is 11.1. The van der Waals surface area contributed by atoms with Gasteiger partial charge in [0.2, 0.25) is 0 Å². The molecule has 0 aliphatic rings. The highest BCUT2D eigenvalue weighted by molar-refractivity contribution is 7.14. The van der Waals surface area contributed by atoms with Crippen LogP contribution in [-0.2, 0) is 0 Å². The maximum Gasteiger partial charge on any atom is 0.451 e. The maximum absolute atomic E-state index is 13.1. The Morgan fingerprint density at radius 3 is 2.13 bits per heavy atom. The summed E-state index contributed by atoms with van der Waals surface area (Å²) >= 11 is 7.17. The number of aromatic nitrogens is 1. The molecule has 154 valence electrons. The quantitative estimate of drug-likeness (QED) is 0.317. The third-order valence-corrected chi connectivity index (χ3v) is 5.87. The molecular formula is C23H18ClN4O2S+. The average Bonchev–Trinajstić information content (AvgIpc) is 3.29. The lowest BCUT2D eigenvalue weighted by atomic mass is 10.2. The van der Waals surface area contributed by atoms with Gasteiger partial charge in [-0.15, -0.1) is 0 Å². The molecule has 6 nitrogen and oxygen atoms in total. The number of nitrogens with two attached hydrogens (primary N) is 1. The third kappa shape index (κ3) is 4.06. The van der Waals surface area contributed by atoms with Crippen LogP contribution in [-0.4, -0.2) is 16.9 Å². The fourth-order valence-electron chi connectivity index (χ4n) is 3.13. The number of hydrogen-bond donors (Lipinski definition) is 2. The molecule has 31 heavy (non-hydrogen) atoms. The largest absolute Gasteiger partial charge is 0.451 e. The minimum absolute atomic E-state index is 0.319. The Kier molecular flexibility index (Phi) is 5.81. The van der Waals surface area contributed by atoms with Crippen LogP contribution in [0.1, 0.15) is 10.4 Å². The zero-order valence-electron chi connectivity index (χ0n) is 16.2. The third-order valence-electron chi connectivity index (χ3n) is 4.70. The van der Waals surface area contributed by atoms with Crippen LogP contribution >= 0.6 is 22.9 Å². The second-order valence-corrected chi connectivity index (χ2v) is 7.95. The first-order valence-corrected chi connectivity index (χ1v) is 10.6. The van der Waals surface area contributed by atoms with Gasteiger partial charge in [-0.2, -0.15) is 10.4 Å². The molecule has 3 N–H and O–H groups in total. The number of thiazole rings is 1. The van der Waals surface area contributed by atoms with Gasteiger partial charge in [0.25, 0.3) is 5.91 Å². The normalized spacial score (nSPS) is 12.7. The number of primary amides is 1. The van der Waals surface area contributed by atoms with Crippen molar-refractivity contribution in [3.63, 3.8) is 0 Å². The monoisotopic (exact) mass is 449 g/mol. The molecular weight excluding hydrogens is 432 g/mol. The Morgan fingerprint density at radius 2 is 1.52 bits per heavy atom. The molecule has 1 aromatic heterocycles. The number of benzene rings is 3. The van der Waals surface area contributed by atoms with Crippen LogP contribution in [0.3, 0.4) is 0 Å². The number of quaternary nitrogens is 1. The highest BCUT2D eigenvalue weighted by atomic mass is 35.5. The molecule has 8 heteroatoms. The van der Waals surface area contributed by atoms with Crippen LogP contribution in [0.25, 0.3) is 11.3 Å². The number of nitrogens with one attached hydrogen (secondary N) is 1. The topological polar surface area (TPSA) is 85.1 Å². The van der Waals surface area contributed by atoms with Crippen molar-refractivity contribution in [3.8, 4) is 11.3 Å². The van der Waals surface area contributed by atoms with Crippen molar-refractivity contribution in [1.82, 2.24) is 15.0 Å². The molecule has 1 heterocycles. The second-order valence-electron chi connectivity index (χ2n) is 6.67. The molecule has 0 saturated carbocycles. The van der Waals surface area contributed by atoms with Gasteiger partial charge in [0.15, 0.2) is 5.69 Å². The van der Waals surface area contributed by atoms with Crippen molar-refractivity contribution in [3.05, 3.63) is 101 Å². The van der Waals surface area contributed by atoms with Gasteiger partial charge in [-0.3, -0.25) is 4.79 Å². The van der Waals surface area contributed by atoms with E-state index in [1.807, 2.05) is 41.8 Å². The number of halogens is 1. The van der Waals surface area contributed by atoms with Gasteiger partial charge in [-0.05, 0) is 28.9 Å². The number of urea groups is 1. The van der Waals surface area contributed by atoms with Crippen LogP contribution in [0, 0.1) is 0 Å². The number of amides is 3. The first kappa shape index (κ1) is 20.7. The number of para-hydroxylation sites is 1. The number of nitrogens with zero attached hydrogens (tertiary/aromatic N) is 2. The highest BCUT2D eigenvalue weighted by Crippen LogP contribution is 2.37. The lowest BCUT2D eigenvalue weighted by molar-refractivity contribution is 0.0881. The fraction of sp³-hybridized carbons (Fsp3) is 0. The van der Waals surface area contributed by atoms with Crippen molar-refractivity contribution in [2.75, 3.05) is 0 Å². The van der Waals surface area contributed by atoms with E-state index in [1.165, 1.54) is 11.3 Å². The predicted molar refractivity (Wildman–Crippen MR) is 124 cm³/mol. The van der Waals surface area contributed by atoms with E-state index >= 15 is 0 Å². The number of hydrogen-bond acceptors (Lipinski definition) is 4. The zero-order valence-corrected chi connectivity index (χ0v) is 17.8. The van der Waals surface area contributed by atoms with Crippen LogP contribution in [0.4, 0.5) is 15.6 Å². The summed E-state index contributed by atoms with van der Waals surface area (Å²) < 4.78 is -0.750. The standard InChI is InChI=1S/C23H17ClN4O2S/c24-18-13-11-17(12-14-18)21(29)27-28(22(25)30,19-9-5-2-6-10-19)23-26-20(15-31-23)16-7-3-1-4-8-16/h1-15H,(H2-,25,27,29,30)/p+1. The van der Waals surface area contributed by atoms with Crippen LogP contribution < -0.4 is 15.8 Å². The fourth-order valence-corrected chi connectivity index (χ4v) is 4.21. The molecule has 0 aliphatic carbocycles. The Labute approximate surface area is 188 Å². The molecule has 1 atom stereocenters. The molecule has 3 aromatic carbocycles. The van der Waals surface area contributed by atoms with E-state index in [9.17, 15) is 9.59 Å². The maximum atomic E-state index is 13.1. The van der Waals surface area contributed by atoms with E-state index in [0.29, 0.717) is 27.1 Å². The molecule has 4 rings (SSSR count). The van der Waals surface area contributed by atoms with Gasteiger partial charge in [-0.1, -0.05) is 71.5 Å². The number of carbonyl (C=O) groups excluding carboxylic acids is 2. The molecule has 0 aliphatic heterocycles. The Bertz CT molecular complexity index is 1210. The van der Waals surface area contributed by atoms with Crippen LogP contribution in [0.15, 0.2) is 90.3 Å². The Hall–Kier alpha value is -3.52. The molecule has 0 bridgehead atoms. The lowest BCUT2D eigenvalue weighted by Crippen LogP contribution is -2.63. The Balaban J connectivity index is 1.83. The second kappa shape index (κ2) is 8.69. The van der Waals surface area contributed by atoms with Crippen molar-refractivity contribution in [2.45, 2.75) is 0 Å². The van der Waals surface area contributed by atoms with Gasteiger partial charge in [0, 0.05) is 33.7 Å². The predicted octanol–water partition coefficient (Wildman–Crippen LogP) is 5.53. The van der Waals surface area contributed by atoms with Gasteiger partial charge >= 0.3 is 11.2 Å². The molecule has 4 aromatic rings. The molecule has 0 radical (unpaired) electrons. The number of rotatable bonds is 4. The van der Waals surface area contributed by atoms with E-state index in [1.54, 1.807) is 48.5 Å². The van der Waals surface area contributed by atoms with Crippen LogP contribution in [0.2, 0.25) is 5.02 Å². The molecule has 0 fully saturated rings. The summed E-state index contributed by atoms with van der Waals surface area (Å²) in [5.74, 6) is -0.490. The summed E-state index contributed by atoms with van der Waals surface area (Å²) in [6.07, 6.45) is 0. The summed E-state index contributed by atoms with van der Waals surface area (Å²) in [6, 6.07) is 23.9. The van der Waals surface area contributed by atoms with Crippen molar-refractivity contribution < 1.29 is 9.59 Å². The van der Waals surface area contributed by atoms with Gasteiger partial charge in [0.1, 0.15) is 0 Å². The van der Waals surface area contributed by atoms with E-state index in [-0.39, 0.29) is 0 Å². The molecule has 0 spiro atoms. The first-order valence-electron chi connectivity index (χ1n) is 9.35. The summed E-state index contributed by atoms with van der Waals surface area (Å²) in [7, 11) is 0. The molecule has 3 amide bonds. The van der Waals surface area contributed by atoms with Crippen LogP contribution in [0.5, 0.6) is 0 Å². The van der Waals surface area contributed by atoms with Gasteiger partial charge < -0.3 is 5.73 Å². The van der Waals surface area contributed by atoms with Gasteiger partial charge in [-0.25, -0.2) is 4.79 Å². The van der Waals surface area contributed by atoms with E-state index < -0.39 is 16.5 Å². The van der Waals surface area contributed by atoms with Crippen molar-refractivity contribution in [2.24, 2.45) is 5.73 Å². The molecule has 0 saturated heterocycles. The minimum Gasteiger partial charge on any atom is -0.316 e. The summed E-state index contributed by atoms with van der Waals surface area (Å²) in [4.78, 5) is 30.7. The van der Waals surface area contributed by atoms with E-state index in [0.717, 1.165) is 5.56 Å². The highest BCUT2D eigenvalue weighted by Gasteiger charge is 2.46.